The van der Waals surface area contributed by atoms with Crippen LogP contribution in [0.4, 0.5) is 30.2 Å². The van der Waals surface area contributed by atoms with E-state index in [9.17, 15) is 18.0 Å². The SMILES string of the molecule is O=C(CCN1CCCc2cc(OC(F)(F)F)ccc21)Nc1ccc(N2CCOCC2)cc1. The van der Waals surface area contributed by atoms with Gasteiger partial charge in [0.1, 0.15) is 5.75 Å². The maximum atomic E-state index is 12.5. The summed E-state index contributed by atoms with van der Waals surface area (Å²) < 4.78 is 46.8. The highest BCUT2D eigenvalue weighted by molar-refractivity contribution is 5.91. The first-order chi connectivity index (χ1) is 15.4. The monoisotopic (exact) mass is 449 g/mol. The van der Waals surface area contributed by atoms with Gasteiger partial charge >= 0.3 is 6.36 Å². The molecular weight excluding hydrogens is 423 g/mol. The molecular formula is C23H26F3N3O3. The molecule has 2 aliphatic heterocycles. The largest absolute Gasteiger partial charge is 0.573 e. The lowest BCUT2D eigenvalue weighted by Crippen LogP contribution is -2.36. The van der Waals surface area contributed by atoms with Gasteiger partial charge in [-0.3, -0.25) is 4.79 Å². The number of rotatable bonds is 6. The van der Waals surface area contributed by atoms with Gasteiger partial charge < -0.3 is 24.6 Å². The smallest absolute Gasteiger partial charge is 0.406 e. The summed E-state index contributed by atoms with van der Waals surface area (Å²) in [5.41, 5.74) is 3.50. The van der Waals surface area contributed by atoms with Crippen molar-refractivity contribution in [2.24, 2.45) is 0 Å². The Morgan fingerprint density at radius 3 is 2.53 bits per heavy atom. The number of carbonyl (C=O) groups is 1. The van der Waals surface area contributed by atoms with Gasteiger partial charge in [-0.2, -0.15) is 0 Å². The van der Waals surface area contributed by atoms with Gasteiger partial charge in [0.05, 0.1) is 13.2 Å². The van der Waals surface area contributed by atoms with Crippen LogP contribution in [-0.2, 0) is 16.0 Å². The van der Waals surface area contributed by atoms with E-state index in [0.29, 0.717) is 13.0 Å². The van der Waals surface area contributed by atoms with Crippen LogP contribution in [0.15, 0.2) is 42.5 Å². The van der Waals surface area contributed by atoms with Crippen LogP contribution in [0, 0.1) is 0 Å². The summed E-state index contributed by atoms with van der Waals surface area (Å²) in [6, 6.07) is 12.1. The van der Waals surface area contributed by atoms with Gasteiger partial charge in [0.2, 0.25) is 5.91 Å². The third-order valence-corrected chi connectivity index (χ3v) is 5.64. The van der Waals surface area contributed by atoms with E-state index in [1.54, 1.807) is 6.07 Å². The van der Waals surface area contributed by atoms with Gasteiger partial charge in [0.15, 0.2) is 0 Å². The van der Waals surface area contributed by atoms with Crippen molar-refractivity contribution in [2.75, 3.05) is 54.5 Å². The number of hydrogen-bond acceptors (Lipinski definition) is 5. The van der Waals surface area contributed by atoms with Crippen LogP contribution >= 0.6 is 0 Å². The molecule has 1 saturated heterocycles. The maximum absolute atomic E-state index is 12.5. The summed E-state index contributed by atoms with van der Waals surface area (Å²) in [5, 5.41) is 2.92. The van der Waals surface area contributed by atoms with Crippen molar-refractivity contribution in [3.63, 3.8) is 0 Å². The molecule has 6 nitrogen and oxygen atoms in total. The van der Waals surface area contributed by atoms with Gasteiger partial charge in [0.25, 0.3) is 0 Å². The second kappa shape index (κ2) is 9.68. The molecule has 2 aromatic rings. The van der Waals surface area contributed by atoms with Crippen LogP contribution in [0.3, 0.4) is 0 Å². The Morgan fingerprint density at radius 2 is 1.81 bits per heavy atom. The number of halogens is 3. The Bertz CT molecular complexity index is 928. The van der Waals surface area contributed by atoms with Crippen LogP contribution in [-0.4, -0.2) is 51.7 Å². The molecule has 0 bridgehead atoms. The molecule has 0 aromatic heterocycles. The Kier molecular flexibility index (Phi) is 6.74. The second-order valence-corrected chi connectivity index (χ2v) is 7.87. The zero-order chi connectivity index (χ0) is 22.6. The number of aryl methyl sites for hydroxylation is 1. The molecule has 0 unspecified atom stereocenters. The summed E-state index contributed by atoms with van der Waals surface area (Å²) in [7, 11) is 0. The topological polar surface area (TPSA) is 54.0 Å². The van der Waals surface area contributed by atoms with Crippen LogP contribution < -0.4 is 19.9 Å². The molecule has 1 fully saturated rings. The standard InChI is InChI=1S/C23H26F3N3O3/c24-23(25,26)32-20-7-8-21-17(16-20)2-1-10-29(21)11-9-22(30)27-18-3-5-19(6-4-18)28-12-14-31-15-13-28/h3-8,16H,1-2,9-15H2,(H,27,30). The normalized spacial score (nSPS) is 16.5. The first-order valence-corrected chi connectivity index (χ1v) is 10.7. The molecule has 32 heavy (non-hydrogen) atoms. The van der Waals surface area contributed by atoms with Crippen molar-refractivity contribution < 1.29 is 27.4 Å². The molecule has 0 aliphatic carbocycles. The fourth-order valence-corrected chi connectivity index (χ4v) is 4.12. The lowest BCUT2D eigenvalue weighted by Gasteiger charge is -2.31. The highest BCUT2D eigenvalue weighted by Crippen LogP contribution is 2.32. The third kappa shape index (κ3) is 5.85. The fraction of sp³-hybridized carbons (Fsp3) is 0.435. The van der Waals surface area contributed by atoms with Gasteiger partial charge in [-0.05, 0) is 60.9 Å². The zero-order valence-electron chi connectivity index (χ0n) is 17.7. The van der Waals surface area contributed by atoms with Crippen molar-refractivity contribution in [2.45, 2.75) is 25.6 Å². The molecule has 0 atom stereocenters. The van der Waals surface area contributed by atoms with E-state index in [0.717, 1.165) is 61.9 Å². The summed E-state index contributed by atoms with van der Waals surface area (Å²) in [6.45, 7) is 4.39. The van der Waals surface area contributed by atoms with Crippen LogP contribution in [0.25, 0.3) is 0 Å². The van der Waals surface area contributed by atoms with Crippen molar-refractivity contribution in [3.8, 4) is 5.75 Å². The minimum Gasteiger partial charge on any atom is -0.406 e. The van der Waals surface area contributed by atoms with Crippen molar-refractivity contribution in [1.29, 1.82) is 0 Å². The molecule has 172 valence electrons. The second-order valence-electron chi connectivity index (χ2n) is 7.87. The van der Waals surface area contributed by atoms with E-state index in [1.807, 2.05) is 29.2 Å². The Labute approximate surface area is 184 Å². The molecule has 2 aliphatic rings. The minimum absolute atomic E-state index is 0.103. The van der Waals surface area contributed by atoms with Crippen molar-refractivity contribution in [3.05, 3.63) is 48.0 Å². The first-order valence-electron chi connectivity index (χ1n) is 10.7. The molecule has 0 spiro atoms. The van der Waals surface area contributed by atoms with Crippen molar-refractivity contribution in [1.82, 2.24) is 0 Å². The average Bonchev–Trinajstić information content (AvgIpc) is 2.77. The van der Waals surface area contributed by atoms with Crippen LogP contribution in [0.2, 0.25) is 0 Å². The number of nitrogens with one attached hydrogen (secondary N) is 1. The van der Waals surface area contributed by atoms with Gasteiger partial charge in [-0.1, -0.05) is 0 Å². The molecule has 4 rings (SSSR count). The Hall–Kier alpha value is -2.94. The molecule has 1 N–H and O–H groups in total. The van der Waals surface area contributed by atoms with E-state index in [4.69, 9.17) is 4.74 Å². The third-order valence-electron chi connectivity index (χ3n) is 5.64. The lowest BCUT2D eigenvalue weighted by atomic mass is 10.0. The number of anilines is 3. The van der Waals surface area contributed by atoms with E-state index >= 15 is 0 Å². The van der Waals surface area contributed by atoms with Gasteiger partial charge in [0, 0.05) is 49.7 Å². The number of benzene rings is 2. The number of hydrogen-bond donors (Lipinski definition) is 1. The number of fused-ring (bicyclic) bond motifs is 1. The first kappa shape index (κ1) is 22.3. The number of morpholine rings is 1. The van der Waals surface area contributed by atoms with Crippen LogP contribution in [0.1, 0.15) is 18.4 Å². The van der Waals surface area contributed by atoms with Crippen molar-refractivity contribution >= 4 is 23.0 Å². The summed E-state index contributed by atoms with van der Waals surface area (Å²) >= 11 is 0. The molecule has 0 radical (unpaired) electrons. The highest BCUT2D eigenvalue weighted by Gasteiger charge is 2.31. The number of amides is 1. The number of ether oxygens (including phenoxy) is 2. The molecule has 0 saturated carbocycles. The summed E-state index contributed by atoms with van der Waals surface area (Å²) in [6.07, 6.45) is -2.93. The number of alkyl halides is 3. The van der Waals surface area contributed by atoms with Gasteiger partial charge in [-0.25, -0.2) is 0 Å². The fourth-order valence-electron chi connectivity index (χ4n) is 4.12. The quantitative estimate of drug-likeness (QED) is 0.716. The summed E-state index contributed by atoms with van der Waals surface area (Å²) in [4.78, 5) is 16.7. The predicted molar refractivity (Wildman–Crippen MR) is 116 cm³/mol. The van der Waals surface area contributed by atoms with E-state index < -0.39 is 6.36 Å². The Balaban J connectivity index is 1.31. The molecule has 9 heteroatoms. The zero-order valence-corrected chi connectivity index (χ0v) is 17.7. The average molecular weight is 449 g/mol. The summed E-state index contributed by atoms with van der Waals surface area (Å²) in [5.74, 6) is -0.315. The Morgan fingerprint density at radius 1 is 1.06 bits per heavy atom. The lowest BCUT2D eigenvalue weighted by molar-refractivity contribution is -0.274. The maximum Gasteiger partial charge on any atom is 0.573 e. The van der Waals surface area contributed by atoms with Crippen LogP contribution in [0.5, 0.6) is 5.75 Å². The molecule has 1 amide bonds. The number of carbonyl (C=O) groups excluding carboxylic acids is 1. The molecule has 2 heterocycles. The molecule has 2 aromatic carbocycles. The van der Waals surface area contributed by atoms with E-state index in [1.165, 1.54) is 12.1 Å². The highest BCUT2D eigenvalue weighted by atomic mass is 19.4. The van der Waals surface area contributed by atoms with Gasteiger partial charge in [-0.15, -0.1) is 13.2 Å². The minimum atomic E-state index is -4.71. The van der Waals surface area contributed by atoms with E-state index in [-0.39, 0.29) is 18.1 Å². The number of nitrogens with zero attached hydrogens (tertiary/aromatic N) is 2. The predicted octanol–water partition coefficient (Wildman–Crippen LogP) is 4.20. The van der Waals surface area contributed by atoms with E-state index in [2.05, 4.69) is 15.0 Å².